The van der Waals surface area contributed by atoms with Gasteiger partial charge < -0.3 is 4.90 Å². The predicted octanol–water partition coefficient (Wildman–Crippen LogP) is 2.36. The van der Waals surface area contributed by atoms with Crippen LogP contribution in [-0.4, -0.2) is 38.3 Å². The van der Waals surface area contributed by atoms with Gasteiger partial charge in [0, 0.05) is 25.3 Å². The molecule has 0 atom stereocenters. The summed E-state index contributed by atoms with van der Waals surface area (Å²) in [4.78, 5) is 14.5. The summed E-state index contributed by atoms with van der Waals surface area (Å²) in [5.41, 5.74) is 0.906. The highest BCUT2D eigenvalue weighted by Gasteiger charge is 2.43. The maximum Gasteiger partial charge on any atom is 0.243 e. The first-order valence-electron chi connectivity index (χ1n) is 7.68. The molecule has 0 fully saturated rings. The van der Waals surface area contributed by atoms with Gasteiger partial charge in [-0.15, -0.1) is 0 Å². The molecular weight excluding hydrogens is 300 g/mol. The SMILES string of the molecule is CCN1C(=O)C(C)(C)c2cc(S(=O)(=O)N(CC)CC)ccc21. The first-order chi connectivity index (χ1) is 10.2. The van der Waals surface area contributed by atoms with Gasteiger partial charge in [0.05, 0.1) is 10.3 Å². The second kappa shape index (κ2) is 5.66. The molecule has 122 valence electrons. The highest BCUT2D eigenvalue weighted by molar-refractivity contribution is 7.89. The summed E-state index contributed by atoms with van der Waals surface area (Å²) in [5.74, 6) is 0.0161. The number of benzene rings is 1. The Morgan fingerprint density at radius 3 is 2.23 bits per heavy atom. The molecule has 1 heterocycles. The Morgan fingerprint density at radius 1 is 1.14 bits per heavy atom. The number of carbonyl (C=O) groups excluding carboxylic acids is 1. The second-order valence-corrected chi connectivity index (χ2v) is 7.88. The van der Waals surface area contributed by atoms with Crippen LogP contribution in [0.2, 0.25) is 0 Å². The van der Waals surface area contributed by atoms with E-state index in [0.717, 1.165) is 11.3 Å². The van der Waals surface area contributed by atoms with Gasteiger partial charge in [-0.1, -0.05) is 13.8 Å². The van der Waals surface area contributed by atoms with Crippen molar-refractivity contribution < 1.29 is 13.2 Å². The van der Waals surface area contributed by atoms with Crippen LogP contribution in [0.5, 0.6) is 0 Å². The topological polar surface area (TPSA) is 57.7 Å². The average Bonchev–Trinajstić information content (AvgIpc) is 2.67. The van der Waals surface area contributed by atoms with Crippen LogP contribution in [0.15, 0.2) is 23.1 Å². The first-order valence-corrected chi connectivity index (χ1v) is 9.12. The van der Waals surface area contributed by atoms with Crippen molar-refractivity contribution in [2.75, 3.05) is 24.5 Å². The summed E-state index contributed by atoms with van der Waals surface area (Å²) in [6.07, 6.45) is 0. The van der Waals surface area contributed by atoms with Crippen LogP contribution in [0, 0.1) is 0 Å². The number of fused-ring (bicyclic) bond motifs is 1. The molecule has 5 nitrogen and oxygen atoms in total. The molecule has 1 aromatic rings. The van der Waals surface area contributed by atoms with Gasteiger partial charge >= 0.3 is 0 Å². The molecule has 1 aliphatic rings. The molecule has 22 heavy (non-hydrogen) atoms. The van der Waals surface area contributed by atoms with Gasteiger partial charge in [0.15, 0.2) is 0 Å². The zero-order valence-corrected chi connectivity index (χ0v) is 14.7. The third-order valence-electron chi connectivity index (χ3n) is 4.37. The predicted molar refractivity (Wildman–Crippen MR) is 87.6 cm³/mol. The summed E-state index contributed by atoms with van der Waals surface area (Å²) in [6.45, 7) is 10.7. The number of anilines is 1. The summed E-state index contributed by atoms with van der Waals surface area (Å²) < 4.78 is 26.8. The first kappa shape index (κ1) is 17.0. The van der Waals surface area contributed by atoms with Crippen molar-refractivity contribution >= 4 is 21.6 Å². The molecule has 0 N–H and O–H groups in total. The van der Waals surface area contributed by atoms with Crippen molar-refractivity contribution in [2.24, 2.45) is 0 Å². The van der Waals surface area contributed by atoms with Crippen LogP contribution < -0.4 is 4.90 Å². The van der Waals surface area contributed by atoms with Gasteiger partial charge in [0.1, 0.15) is 0 Å². The Bertz CT molecular complexity index is 691. The second-order valence-electron chi connectivity index (χ2n) is 5.94. The van der Waals surface area contributed by atoms with Gasteiger partial charge in [-0.2, -0.15) is 4.31 Å². The lowest BCUT2D eigenvalue weighted by Crippen LogP contribution is -2.35. The van der Waals surface area contributed by atoms with Crippen LogP contribution in [0.25, 0.3) is 0 Å². The Labute approximate surface area is 133 Å². The zero-order chi connectivity index (χ0) is 16.7. The minimum absolute atomic E-state index is 0.0161. The third kappa shape index (κ3) is 2.34. The molecule has 0 aliphatic carbocycles. The maximum absolute atomic E-state index is 12.7. The van der Waals surface area contributed by atoms with Crippen molar-refractivity contribution in [1.29, 1.82) is 0 Å². The molecule has 0 spiro atoms. The molecule has 0 bridgehead atoms. The Hall–Kier alpha value is -1.40. The van der Waals surface area contributed by atoms with Crippen molar-refractivity contribution in [3.8, 4) is 0 Å². The van der Waals surface area contributed by atoms with E-state index in [0.29, 0.717) is 19.6 Å². The van der Waals surface area contributed by atoms with Crippen LogP contribution in [0.1, 0.15) is 40.2 Å². The van der Waals surface area contributed by atoms with Crippen LogP contribution in [0.3, 0.4) is 0 Å². The normalized spacial score (nSPS) is 17.2. The van der Waals surface area contributed by atoms with E-state index < -0.39 is 15.4 Å². The summed E-state index contributed by atoms with van der Waals surface area (Å²) in [7, 11) is -3.51. The third-order valence-corrected chi connectivity index (χ3v) is 6.42. The fraction of sp³-hybridized carbons (Fsp3) is 0.562. The fourth-order valence-corrected chi connectivity index (χ4v) is 4.48. The monoisotopic (exact) mass is 324 g/mol. The number of amides is 1. The minimum Gasteiger partial charge on any atom is -0.312 e. The molecule has 2 rings (SSSR count). The van der Waals surface area contributed by atoms with E-state index in [4.69, 9.17) is 0 Å². The molecule has 1 amide bonds. The van der Waals surface area contributed by atoms with E-state index in [9.17, 15) is 13.2 Å². The zero-order valence-electron chi connectivity index (χ0n) is 13.9. The highest BCUT2D eigenvalue weighted by atomic mass is 32.2. The number of hydrogen-bond acceptors (Lipinski definition) is 3. The summed E-state index contributed by atoms with van der Waals surface area (Å²) in [6, 6.07) is 5.02. The van der Waals surface area contributed by atoms with Crippen molar-refractivity contribution in [1.82, 2.24) is 4.31 Å². The molecule has 0 radical (unpaired) electrons. The Morgan fingerprint density at radius 2 is 1.73 bits per heavy atom. The smallest absolute Gasteiger partial charge is 0.243 e. The van der Waals surface area contributed by atoms with E-state index in [-0.39, 0.29) is 10.8 Å². The van der Waals surface area contributed by atoms with Gasteiger partial charge in [-0.3, -0.25) is 4.79 Å². The minimum atomic E-state index is -3.51. The summed E-state index contributed by atoms with van der Waals surface area (Å²) >= 11 is 0. The lowest BCUT2D eigenvalue weighted by atomic mass is 9.86. The van der Waals surface area contributed by atoms with Gasteiger partial charge in [-0.05, 0) is 44.5 Å². The van der Waals surface area contributed by atoms with Crippen LogP contribution >= 0.6 is 0 Å². The number of likely N-dealkylation sites (N-methyl/N-ethyl adjacent to an activating group) is 1. The van der Waals surface area contributed by atoms with Crippen LogP contribution in [-0.2, 0) is 20.2 Å². The quantitative estimate of drug-likeness (QED) is 0.835. The molecule has 1 aliphatic heterocycles. The standard InChI is InChI=1S/C16H24N2O3S/c1-6-17(7-2)22(20,21)12-9-10-14-13(11-12)16(4,5)15(19)18(14)8-3/h9-11H,6-8H2,1-5H3. The van der Waals surface area contributed by atoms with Crippen molar-refractivity contribution in [3.05, 3.63) is 23.8 Å². The van der Waals surface area contributed by atoms with E-state index in [1.807, 2.05) is 34.6 Å². The molecule has 1 aromatic carbocycles. The average molecular weight is 324 g/mol. The van der Waals surface area contributed by atoms with Crippen molar-refractivity contribution in [2.45, 2.75) is 44.9 Å². The fourth-order valence-electron chi connectivity index (χ4n) is 3.00. The molecule has 0 saturated heterocycles. The Kier molecular flexibility index (Phi) is 4.37. The summed E-state index contributed by atoms with van der Waals surface area (Å²) in [5, 5.41) is 0. The maximum atomic E-state index is 12.7. The number of nitrogens with zero attached hydrogens (tertiary/aromatic N) is 2. The molecule has 6 heteroatoms. The van der Waals surface area contributed by atoms with Gasteiger partial charge in [-0.25, -0.2) is 8.42 Å². The van der Waals surface area contributed by atoms with Gasteiger partial charge in [0.25, 0.3) is 0 Å². The van der Waals surface area contributed by atoms with E-state index in [1.54, 1.807) is 23.1 Å². The molecule has 0 unspecified atom stereocenters. The highest BCUT2D eigenvalue weighted by Crippen LogP contribution is 2.42. The number of carbonyl (C=O) groups is 1. The van der Waals surface area contributed by atoms with E-state index in [2.05, 4.69) is 0 Å². The largest absolute Gasteiger partial charge is 0.312 e. The van der Waals surface area contributed by atoms with E-state index >= 15 is 0 Å². The Balaban J connectivity index is 2.59. The van der Waals surface area contributed by atoms with Crippen molar-refractivity contribution in [3.63, 3.8) is 0 Å². The van der Waals surface area contributed by atoms with Crippen LogP contribution in [0.4, 0.5) is 5.69 Å². The number of hydrogen-bond donors (Lipinski definition) is 0. The number of rotatable bonds is 5. The van der Waals surface area contributed by atoms with E-state index in [1.165, 1.54) is 4.31 Å². The lowest BCUT2D eigenvalue weighted by Gasteiger charge is -2.20. The molecular formula is C16H24N2O3S. The van der Waals surface area contributed by atoms with Gasteiger partial charge in [0.2, 0.25) is 15.9 Å². The number of sulfonamides is 1. The lowest BCUT2D eigenvalue weighted by molar-refractivity contribution is -0.122. The molecule has 0 aromatic heterocycles. The molecule has 0 saturated carbocycles.